The third kappa shape index (κ3) is 2.82. The molecule has 5 nitrogen and oxygen atoms in total. The summed E-state index contributed by atoms with van der Waals surface area (Å²) in [6.07, 6.45) is 4.61. The van der Waals surface area contributed by atoms with E-state index in [9.17, 15) is 4.79 Å². The quantitative estimate of drug-likeness (QED) is 0.609. The fourth-order valence-electron chi connectivity index (χ4n) is 1.40. The smallest absolute Gasteiger partial charge is 0.330 e. The molecule has 0 bridgehead atoms. The van der Waals surface area contributed by atoms with Gasteiger partial charge in [-0.25, -0.2) is 9.48 Å². The molecule has 0 fully saturated rings. The normalized spacial score (nSPS) is 10.8. The van der Waals surface area contributed by atoms with Crippen molar-refractivity contribution in [3.63, 3.8) is 0 Å². The van der Waals surface area contributed by atoms with Gasteiger partial charge < -0.3 is 4.74 Å². The Morgan fingerprint density at radius 3 is 2.72 bits per heavy atom. The summed E-state index contributed by atoms with van der Waals surface area (Å²) in [6, 6.07) is 7.91. The van der Waals surface area contributed by atoms with Crippen molar-refractivity contribution >= 4 is 12.0 Å². The molecule has 0 aliphatic heterocycles. The largest absolute Gasteiger partial charge is 0.466 e. The summed E-state index contributed by atoms with van der Waals surface area (Å²) in [7, 11) is 1.33. The van der Waals surface area contributed by atoms with Crippen molar-refractivity contribution in [1.29, 1.82) is 0 Å². The lowest BCUT2D eigenvalue weighted by Crippen LogP contribution is -1.94. The van der Waals surface area contributed by atoms with Crippen LogP contribution in [-0.2, 0) is 9.53 Å². The van der Waals surface area contributed by atoms with E-state index in [2.05, 4.69) is 15.0 Å². The summed E-state index contributed by atoms with van der Waals surface area (Å²) in [5.74, 6) is -0.417. The second-order valence-corrected chi connectivity index (χ2v) is 3.78. The SMILES string of the molecule is COC(=O)/C=C\c1cn(-c2ccc(C)cc2)nn1. The van der Waals surface area contributed by atoms with Crippen LogP contribution in [0.1, 0.15) is 11.3 Å². The predicted octanol–water partition coefficient (Wildman–Crippen LogP) is 1.76. The molecular weight excluding hydrogens is 230 g/mol. The maximum atomic E-state index is 10.9. The van der Waals surface area contributed by atoms with Gasteiger partial charge in [0.25, 0.3) is 0 Å². The highest BCUT2D eigenvalue weighted by Crippen LogP contribution is 2.08. The number of nitrogens with zero attached hydrogens (tertiary/aromatic N) is 3. The third-order valence-corrected chi connectivity index (χ3v) is 2.40. The second kappa shape index (κ2) is 5.27. The number of esters is 1. The average molecular weight is 243 g/mol. The van der Waals surface area contributed by atoms with Crippen molar-refractivity contribution in [2.45, 2.75) is 6.92 Å². The molecule has 5 heteroatoms. The third-order valence-electron chi connectivity index (χ3n) is 2.40. The maximum Gasteiger partial charge on any atom is 0.330 e. The molecule has 0 aliphatic rings. The van der Waals surface area contributed by atoms with E-state index in [0.29, 0.717) is 5.69 Å². The zero-order valence-electron chi connectivity index (χ0n) is 10.2. The molecule has 2 rings (SSSR count). The highest BCUT2D eigenvalue weighted by Gasteiger charge is 2.00. The Hall–Kier alpha value is -2.43. The second-order valence-electron chi connectivity index (χ2n) is 3.78. The van der Waals surface area contributed by atoms with Crippen LogP contribution < -0.4 is 0 Å². The van der Waals surface area contributed by atoms with Crippen LogP contribution in [0.25, 0.3) is 11.8 Å². The van der Waals surface area contributed by atoms with Crippen molar-refractivity contribution < 1.29 is 9.53 Å². The van der Waals surface area contributed by atoms with Crippen LogP contribution in [0.4, 0.5) is 0 Å². The first-order chi connectivity index (χ1) is 8.69. The van der Waals surface area contributed by atoms with Gasteiger partial charge in [-0.15, -0.1) is 5.10 Å². The molecule has 92 valence electrons. The molecule has 0 amide bonds. The van der Waals surface area contributed by atoms with E-state index in [1.54, 1.807) is 17.0 Å². The maximum absolute atomic E-state index is 10.9. The van der Waals surface area contributed by atoms with E-state index in [4.69, 9.17) is 0 Å². The molecule has 0 saturated heterocycles. The number of ether oxygens (including phenoxy) is 1. The minimum Gasteiger partial charge on any atom is -0.466 e. The van der Waals surface area contributed by atoms with Gasteiger partial charge >= 0.3 is 5.97 Å². The van der Waals surface area contributed by atoms with Gasteiger partial charge in [0.2, 0.25) is 0 Å². The molecule has 1 heterocycles. The van der Waals surface area contributed by atoms with Gasteiger partial charge in [0.15, 0.2) is 0 Å². The first-order valence-corrected chi connectivity index (χ1v) is 5.44. The number of rotatable bonds is 3. The Kier molecular flexibility index (Phi) is 3.52. The highest BCUT2D eigenvalue weighted by atomic mass is 16.5. The molecular formula is C13H13N3O2. The van der Waals surface area contributed by atoms with E-state index >= 15 is 0 Å². The van der Waals surface area contributed by atoms with Crippen LogP contribution in [0.15, 0.2) is 36.5 Å². The van der Waals surface area contributed by atoms with Crippen molar-refractivity contribution in [2.24, 2.45) is 0 Å². The van der Waals surface area contributed by atoms with Crippen LogP contribution >= 0.6 is 0 Å². The Morgan fingerprint density at radius 1 is 1.33 bits per heavy atom. The van der Waals surface area contributed by atoms with Gasteiger partial charge in [0.1, 0.15) is 5.69 Å². The van der Waals surface area contributed by atoms with E-state index in [1.165, 1.54) is 18.7 Å². The Labute approximate surface area is 105 Å². The summed E-state index contributed by atoms with van der Waals surface area (Å²) < 4.78 is 6.15. The summed E-state index contributed by atoms with van der Waals surface area (Å²) in [5, 5.41) is 7.92. The molecule has 0 saturated carbocycles. The van der Waals surface area contributed by atoms with Crippen LogP contribution in [0.2, 0.25) is 0 Å². The number of hydrogen-bond donors (Lipinski definition) is 0. The summed E-state index contributed by atoms with van der Waals surface area (Å²) in [5.41, 5.74) is 2.71. The number of aryl methyl sites for hydroxylation is 1. The molecule has 2 aromatic rings. The number of carbonyl (C=O) groups is 1. The molecule has 0 radical (unpaired) electrons. The topological polar surface area (TPSA) is 57.0 Å². The molecule has 0 spiro atoms. The van der Waals surface area contributed by atoms with Gasteiger partial charge in [0, 0.05) is 6.08 Å². The Morgan fingerprint density at radius 2 is 2.06 bits per heavy atom. The zero-order valence-corrected chi connectivity index (χ0v) is 10.2. The van der Waals surface area contributed by atoms with E-state index < -0.39 is 5.97 Å². The molecule has 0 aliphatic carbocycles. The van der Waals surface area contributed by atoms with Gasteiger partial charge in [-0.3, -0.25) is 0 Å². The molecule has 18 heavy (non-hydrogen) atoms. The van der Waals surface area contributed by atoms with Crippen LogP contribution in [-0.4, -0.2) is 28.1 Å². The predicted molar refractivity (Wildman–Crippen MR) is 67.1 cm³/mol. The minimum absolute atomic E-state index is 0.417. The summed E-state index contributed by atoms with van der Waals surface area (Å²) >= 11 is 0. The number of carbonyl (C=O) groups excluding carboxylic acids is 1. The average Bonchev–Trinajstić information content (AvgIpc) is 2.85. The number of hydrogen-bond acceptors (Lipinski definition) is 4. The molecule has 1 aromatic heterocycles. The molecule has 0 unspecified atom stereocenters. The lowest BCUT2D eigenvalue weighted by molar-refractivity contribution is -0.134. The summed E-state index contributed by atoms with van der Waals surface area (Å²) in [6.45, 7) is 2.02. The first-order valence-electron chi connectivity index (χ1n) is 5.44. The monoisotopic (exact) mass is 243 g/mol. The zero-order chi connectivity index (χ0) is 13.0. The van der Waals surface area contributed by atoms with Gasteiger partial charge in [-0.2, -0.15) is 0 Å². The standard InChI is InChI=1S/C13H13N3O2/c1-10-3-6-12(7-4-10)16-9-11(14-15-16)5-8-13(17)18-2/h3-9H,1-2H3/b8-5-. The molecule has 0 atom stereocenters. The van der Waals surface area contributed by atoms with Crippen molar-refractivity contribution in [3.05, 3.63) is 47.8 Å². The van der Waals surface area contributed by atoms with Crippen LogP contribution in [0, 0.1) is 6.92 Å². The fourth-order valence-corrected chi connectivity index (χ4v) is 1.40. The van der Waals surface area contributed by atoms with Crippen molar-refractivity contribution in [2.75, 3.05) is 7.11 Å². The minimum atomic E-state index is -0.417. The van der Waals surface area contributed by atoms with E-state index in [1.807, 2.05) is 31.2 Å². The van der Waals surface area contributed by atoms with Crippen LogP contribution in [0.3, 0.4) is 0 Å². The van der Waals surface area contributed by atoms with E-state index in [0.717, 1.165) is 5.69 Å². The summed E-state index contributed by atoms with van der Waals surface area (Å²) in [4.78, 5) is 10.9. The lowest BCUT2D eigenvalue weighted by atomic mass is 10.2. The van der Waals surface area contributed by atoms with Crippen molar-refractivity contribution in [3.8, 4) is 5.69 Å². The van der Waals surface area contributed by atoms with Gasteiger partial charge in [-0.1, -0.05) is 22.9 Å². The van der Waals surface area contributed by atoms with Crippen LogP contribution in [0.5, 0.6) is 0 Å². The number of methoxy groups -OCH3 is 1. The molecule has 1 aromatic carbocycles. The number of benzene rings is 1. The van der Waals surface area contributed by atoms with Crippen molar-refractivity contribution in [1.82, 2.24) is 15.0 Å². The Balaban J connectivity index is 2.18. The Bertz CT molecular complexity index is 570. The van der Waals surface area contributed by atoms with E-state index in [-0.39, 0.29) is 0 Å². The first kappa shape index (κ1) is 12.0. The number of aromatic nitrogens is 3. The van der Waals surface area contributed by atoms with Gasteiger partial charge in [-0.05, 0) is 25.1 Å². The molecule has 0 N–H and O–H groups in total. The lowest BCUT2D eigenvalue weighted by Gasteiger charge is -1.99. The van der Waals surface area contributed by atoms with Gasteiger partial charge in [0.05, 0.1) is 19.0 Å². The fraction of sp³-hybridized carbons (Fsp3) is 0.154. The highest BCUT2D eigenvalue weighted by molar-refractivity contribution is 5.86.